The van der Waals surface area contributed by atoms with Crippen molar-refractivity contribution in [2.45, 2.75) is 64.8 Å². The van der Waals surface area contributed by atoms with Crippen LogP contribution < -0.4 is 5.73 Å². The Morgan fingerprint density at radius 2 is 2.00 bits per heavy atom. The molecule has 2 aliphatic rings. The van der Waals surface area contributed by atoms with E-state index in [9.17, 15) is 4.79 Å². The molecule has 0 spiro atoms. The fourth-order valence-electron chi connectivity index (χ4n) is 3.86. The number of fused-ring (bicyclic) bond motifs is 1. The number of nitrogens with zero attached hydrogens (tertiary/aromatic N) is 1. The van der Waals surface area contributed by atoms with Gasteiger partial charge in [-0.1, -0.05) is 26.7 Å². The van der Waals surface area contributed by atoms with E-state index in [4.69, 9.17) is 5.73 Å². The number of unbranched alkanes of at least 4 members (excludes halogenated alkanes) is 1. The second kappa shape index (κ2) is 6.74. The van der Waals surface area contributed by atoms with Gasteiger partial charge in [0.05, 0.1) is 0 Å². The maximum absolute atomic E-state index is 12.6. The average Bonchev–Trinajstić information content (AvgIpc) is 2.82. The van der Waals surface area contributed by atoms with Crippen molar-refractivity contribution in [3.8, 4) is 0 Å². The van der Waals surface area contributed by atoms with Gasteiger partial charge in [-0.2, -0.15) is 0 Å². The summed E-state index contributed by atoms with van der Waals surface area (Å²) in [5, 5.41) is 0. The lowest BCUT2D eigenvalue weighted by molar-refractivity contribution is -0.135. The van der Waals surface area contributed by atoms with Crippen LogP contribution in [0.3, 0.4) is 0 Å². The van der Waals surface area contributed by atoms with Gasteiger partial charge in [0.25, 0.3) is 0 Å². The van der Waals surface area contributed by atoms with Crippen LogP contribution >= 0.6 is 0 Å². The molecule has 19 heavy (non-hydrogen) atoms. The van der Waals surface area contributed by atoms with E-state index < -0.39 is 0 Å². The van der Waals surface area contributed by atoms with Gasteiger partial charge in [0.2, 0.25) is 5.91 Å². The van der Waals surface area contributed by atoms with Crippen molar-refractivity contribution in [2.24, 2.45) is 23.5 Å². The van der Waals surface area contributed by atoms with Crippen LogP contribution in [0.2, 0.25) is 0 Å². The first-order valence-electron chi connectivity index (χ1n) is 8.20. The second-order valence-corrected chi connectivity index (χ2v) is 6.58. The van der Waals surface area contributed by atoms with Crippen LogP contribution in [0.15, 0.2) is 0 Å². The highest BCUT2D eigenvalue weighted by molar-refractivity contribution is 5.79. The van der Waals surface area contributed by atoms with Crippen molar-refractivity contribution in [2.75, 3.05) is 13.1 Å². The molecule has 3 nitrogen and oxygen atoms in total. The van der Waals surface area contributed by atoms with Gasteiger partial charge < -0.3 is 10.6 Å². The molecule has 0 aromatic rings. The van der Waals surface area contributed by atoms with Crippen molar-refractivity contribution in [3.63, 3.8) is 0 Å². The van der Waals surface area contributed by atoms with E-state index in [1.807, 2.05) is 0 Å². The van der Waals surface area contributed by atoms with E-state index >= 15 is 0 Å². The fourth-order valence-corrected chi connectivity index (χ4v) is 3.86. The molecule has 4 atom stereocenters. The summed E-state index contributed by atoms with van der Waals surface area (Å²) in [6.45, 7) is 6.32. The number of rotatable bonds is 5. The molecule has 1 aliphatic heterocycles. The summed E-state index contributed by atoms with van der Waals surface area (Å²) in [6, 6.07) is 0.373. The molecule has 0 bridgehead atoms. The summed E-state index contributed by atoms with van der Waals surface area (Å²) in [6.07, 6.45) is 7.92. The predicted octanol–water partition coefficient (Wildman–Crippen LogP) is 2.79. The molecule has 0 aromatic heterocycles. The summed E-state index contributed by atoms with van der Waals surface area (Å²) in [5.41, 5.74) is 6.06. The maximum Gasteiger partial charge on any atom is 0.225 e. The largest absolute Gasteiger partial charge is 0.342 e. The fraction of sp³-hybridized carbons (Fsp3) is 0.938. The summed E-state index contributed by atoms with van der Waals surface area (Å²) < 4.78 is 0. The Labute approximate surface area is 117 Å². The second-order valence-electron chi connectivity index (χ2n) is 6.58. The summed E-state index contributed by atoms with van der Waals surface area (Å²) in [7, 11) is 0. The van der Waals surface area contributed by atoms with Gasteiger partial charge in [0.15, 0.2) is 0 Å². The van der Waals surface area contributed by atoms with Gasteiger partial charge in [0, 0.05) is 25.0 Å². The zero-order chi connectivity index (χ0) is 13.8. The van der Waals surface area contributed by atoms with Gasteiger partial charge in [-0.3, -0.25) is 4.79 Å². The minimum absolute atomic E-state index is 0.258. The highest BCUT2D eigenvalue weighted by atomic mass is 16.2. The maximum atomic E-state index is 12.6. The third-order valence-corrected chi connectivity index (χ3v) is 5.15. The summed E-state index contributed by atoms with van der Waals surface area (Å²) in [4.78, 5) is 14.8. The molecule has 3 heteroatoms. The Morgan fingerprint density at radius 3 is 2.68 bits per heavy atom. The van der Waals surface area contributed by atoms with Crippen molar-refractivity contribution in [3.05, 3.63) is 0 Å². The molecule has 0 aromatic carbocycles. The zero-order valence-electron chi connectivity index (χ0n) is 12.6. The molecule has 1 saturated carbocycles. The standard InChI is InChI=1S/C16H30N2O/c1-3-5-6-12(4-2)16(19)18-10-13-7-8-15(17)9-14(13)11-18/h12-15H,3-11,17H2,1-2H3/t12?,13-,14+,15?/m1/s1. The van der Waals surface area contributed by atoms with Gasteiger partial charge in [-0.15, -0.1) is 0 Å². The quantitative estimate of drug-likeness (QED) is 0.831. The molecular formula is C16H30N2O. The van der Waals surface area contributed by atoms with E-state index in [0.29, 0.717) is 17.9 Å². The molecule has 2 rings (SSSR count). The molecule has 1 amide bonds. The molecule has 2 unspecified atom stereocenters. The Kier molecular flexibility index (Phi) is 5.26. The smallest absolute Gasteiger partial charge is 0.225 e. The number of hydrogen-bond acceptors (Lipinski definition) is 2. The normalized spacial score (nSPS) is 32.2. The number of carbonyl (C=O) groups excluding carboxylic acids is 1. The molecule has 1 heterocycles. The highest BCUT2D eigenvalue weighted by Gasteiger charge is 2.39. The Hall–Kier alpha value is -0.570. The van der Waals surface area contributed by atoms with Crippen LogP contribution in [0.5, 0.6) is 0 Å². The number of nitrogens with two attached hydrogens (primary N) is 1. The van der Waals surface area contributed by atoms with E-state index in [-0.39, 0.29) is 5.92 Å². The number of carbonyl (C=O) groups is 1. The first-order chi connectivity index (χ1) is 9.15. The third kappa shape index (κ3) is 3.50. The SMILES string of the molecule is CCCCC(CC)C(=O)N1C[C@H]2CCC(N)C[C@H]2C1. The molecule has 0 radical (unpaired) electrons. The first kappa shape index (κ1) is 14.8. The van der Waals surface area contributed by atoms with Crippen molar-refractivity contribution < 1.29 is 4.79 Å². The lowest BCUT2D eigenvalue weighted by Crippen LogP contribution is -2.34. The summed E-state index contributed by atoms with van der Waals surface area (Å²) >= 11 is 0. The highest BCUT2D eigenvalue weighted by Crippen LogP contribution is 2.36. The van der Waals surface area contributed by atoms with E-state index in [1.165, 1.54) is 19.3 Å². The molecule has 1 aliphatic carbocycles. The average molecular weight is 266 g/mol. The summed E-state index contributed by atoms with van der Waals surface area (Å²) in [5.74, 6) is 2.08. The number of amides is 1. The number of hydrogen-bond donors (Lipinski definition) is 1. The van der Waals surface area contributed by atoms with Crippen LogP contribution in [0.25, 0.3) is 0 Å². The van der Waals surface area contributed by atoms with Crippen molar-refractivity contribution in [1.29, 1.82) is 0 Å². The monoisotopic (exact) mass is 266 g/mol. The van der Waals surface area contributed by atoms with Crippen molar-refractivity contribution >= 4 is 5.91 Å². The zero-order valence-corrected chi connectivity index (χ0v) is 12.6. The minimum atomic E-state index is 0.258. The molecular weight excluding hydrogens is 236 g/mol. The Morgan fingerprint density at radius 1 is 1.26 bits per heavy atom. The predicted molar refractivity (Wildman–Crippen MR) is 78.7 cm³/mol. The first-order valence-corrected chi connectivity index (χ1v) is 8.20. The van der Waals surface area contributed by atoms with Crippen LogP contribution in [0, 0.1) is 17.8 Å². The molecule has 2 fully saturated rings. The van der Waals surface area contributed by atoms with Crippen LogP contribution in [-0.2, 0) is 4.79 Å². The van der Waals surface area contributed by atoms with Gasteiger partial charge in [0.1, 0.15) is 0 Å². The van der Waals surface area contributed by atoms with E-state index in [0.717, 1.165) is 44.7 Å². The van der Waals surface area contributed by atoms with Crippen LogP contribution in [0.1, 0.15) is 58.8 Å². The van der Waals surface area contributed by atoms with Gasteiger partial charge in [-0.05, 0) is 43.9 Å². The Balaban J connectivity index is 1.89. The van der Waals surface area contributed by atoms with E-state index in [1.54, 1.807) is 0 Å². The van der Waals surface area contributed by atoms with Crippen molar-refractivity contribution in [1.82, 2.24) is 4.90 Å². The van der Waals surface area contributed by atoms with Crippen LogP contribution in [-0.4, -0.2) is 29.9 Å². The molecule has 110 valence electrons. The lowest BCUT2D eigenvalue weighted by atomic mass is 9.79. The lowest BCUT2D eigenvalue weighted by Gasteiger charge is -2.27. The topological polar surface area (TPSA) is 46.3 Å². The molecule has 1 saturated heterocycles. The number of likely N-dealkylation sites (tertiary alicyclic amines) is 1. The van der Waals surface area contributed by atoms with Crippen LogP contribution in [0.4, 0.5) is 0 Å². The third-order valence-electron chi connectivity index (χ3n) is 5.15. The van der Waals surface area contributed by atoms with Gasteiger partial charge >= 0.3 is 0 Å². The molecule has 2 N–H and O–H groups in total. The minimum Gasteiger partial charge on any atom is -0.342 e. The Bertz CT molecular complexity index is 305. The van der Waals surface area contributed by atoms with E-state index in [2.05, 4.69) is 18.7 Å². The van der Waals surface area contributed by atoms with Gasteiger partial charge in [-0.25, -0.2) is 0 Å².